The predicted octanol–water partition coefficient (Wildman–Crippen LogP) is 1.77. The number of oxime groups is 1. The van der Waals surface area contributed by atoms with Crippen molar-refractivity contribution in [2.45, 2.75) is 0 Å². The second kappa shape index (κ2) is 3.09. The fourth-order valence-corrected chi connectivity index (χ4v) is 0.676. The Morgan fingerprint density at radius 2 is 2.09 bits per heavy atom. The van der Waals surface area contributed by atoms with E-state index in [4.69, 9.17) is 5.21 Å². The molecule has 0 aliphatic carbocycles. The van der Waals surface area contributed by atoms with E-state index in [2.05, 4.69) is 5.16 Å². The zero-order chi connectivity index (χ0) is 8.27. The fraction of sp³-hybridized carbons (Fsp3) is 0. The summed E-state index contributed by atoms with van der Waals surface area (Å²) in [7, 11) is 0. The van der Waals surface area contributed by atoms with Crippen LogP contribution in [-0.4, -0.2) is 11.4 Å². The molecular formula is C7H5F2NO. The van der Waals surface area contributed by atoms with E-state index in [1.165, 1.54) is 0 Å². The summed E-state index contributed by atoms with van der Waals surface area (Å²) >= 11 is 0. The highest BCUT2D eigenvalue weighted by atomic mass is 19.1. The maximum absolute atomic E-state index is 12.6. The predicted molar refractivity (Wildman–Crippen MR) is 35.7 cm³/mol. The minimum atomic E-state index is -0.621. The maximum atomic E-state index is 12.6. The summed E-state index contributed by atoms with van der Waals surface area (Å²) in [5.41, 5.74) is -0.0764. The Kier molecular flexibility index (Phi) is 2.15. The van der Waals surface area contributed by atoms with Crippen molar-refractivity contribution in [1.82, 2.24) is 0 Å². The van der Waals surface area contributed by atoms with Crippen LogP contribution in [0.2, 0.25) is 0 Å². The smallest absolute Gasteiger partial charge is 0.132 e. The molecule has 0 spiro atoms. The third-order valence-electron chi connectivity index (χ3n) is 1.15. The monoisotopic (exact) mass is 157 g/mol. The van der Waals surface area contributed by atoms with Gasteiger partial charge in [0, 0.05) is 5.56 Å². The Labute approximate surface area is 61.8 Å². The van der Waals surface area contributed by atoms with Crippen molar-refractivity contribution in [3.05, 3.63) is 35.4 Å². The molecule has 0 radical (unpaired) electrons. The molecule has 0 aliphatic heterocycles. The average Bonchev–Trinajstić information content (AvgIpc) is 1.98. The molecule has 0 heterocycles. The van der Waals surface area contributed by atoms with Crippen LogP contribution in [0.5, 0.6) is 0 Å². The summed E-state index contributed by atoms with van der Waals surface area (Å²) in [5.74, 6) is -1.19. The third-order valence-corrected chi connectivity index (χ3v) is 1.15. The van der Waals surface area contributed by atoms with Crippen molar-refractivity contribution in [1.29, 1.82) is 0 Å². The molecule has 4 heteroatoms. The molecule has 0 atom stereocenters. The normalized spacial score (nSPS) is 10.7. The standard InChI is InChI=1S/C7H5F2NO/c8-6-1-2-7(9)5(3-6)4-10-11/h1-4,11H/b10-4-. The minimum Gasteiger partial charge on any atom is -0.411 e. The summed E-state index contributed by atoms with van der Waals surface area (Å²) < 4.78 is 24.9. The molecule has 1 rings (SSSR count). The van der Waals surface area contributed by atoms with Crippen molar-refractivity contribution in [3.8, 4) is 0 Å². The van der Waals surface area contributed by atoms with E-state index in [0.717, 1.165) is 24.4 Å². The lowest BCUT2D eigenvalue weighted by Crippen LogP contribution is -1.88. The lowest BCUT2D eigenvalue weighted by molar-refractivity contribution is 0.321. The number of nitrogens with zero attached hydrogens (tertiary/aromatic N) is 1. The van der Waals surface area contributed by atoms with Gasteiger partial charge in [0.25, 0.3) is 0 Å². The lowest BCUT2D eigenvalue weighted by atomic mass is 10.2. The molecular weight excluding hydrogens is 152 g/mol. The average molecular weight is 157 g/mol. The molecule has 0 aromatic heterocycles. The number of hydrogen-bond acceptors (Lipinski definition) is 2. The first kappa shape index (κ1) is 7.65. The zero-order valence-electron chi connectivity index (χ0n) is 5.46. The van der Waals surface area contributed by atoms with Gasteiger partial charge in [0.2, 0.25) is 0 Å². The van der Waals surface area contributed by atoms with E-state index in [1.807, 2.05) is 0 Å². The van der Waals surface area contributed by atoms with Crippen LogP contribution in [0.4, 0.5) is 8.78 Å². The van der Waals surface area contributed by atoms with Gasteiger partial charge in [0.05, 0.1) is 6.21 Å². The SMILES string of the molecule is O/N=C\c1cc(F)ccc1F. The maximum Gasteiger partial charge on any atom is 0.132 e. The molecule has 0 fully saturated rings. The van der Waals surface area contributed by atoms with Gasteiger partial charge in [-0.25, -0.2) is 8.78 Å². The van der Waals surface area contributed by atoms with Crippen LogP contribution >= 0.6 is 0 Å². The van der Waals surface area contributed by atoms with Gasteiger partial charge in [-0.1, -0.05) is 5.16 Å². The van der Waals surface area contributed by atoms with Gasteiger partial charge in [-0.15, -0.1) is 0 Å². The van der Waals surface area contributed by atoms with Crippen molar-refractivity contribution in [3.63, 3.8) is 0 Å². The zero-order valence-corrected chi connectivity index (χ0v) is 5.46. The van der Waals surface area contributed by atoms with Crippen molar-refractivity contribution >= 4 is 6.21 Å². The van der Waals surface area contributed by atoms with Gasteiger partial charge in [0.1, 0.15) is 11.6 Å². The van der Waals surface area contributed by atoms with Gasteiger partial charge < -0.3 is 5.21 Å². The van der Waals surface area contributed by atoms with Gasteiger partial charge in [-0.2, -0.15) is 0 Å². The molecule has 0 unspecified atom stereocenters. The van der Waals surface area contributed by atoms with E-state index in [9.17, 15) is 8.78 Å². The molecule has 0 aliphatic rings. The highest BCUT2D eigenvalue weighted by molar-refractivity contribution is 5.79. The number of hydrogen-bond donors (Lipinski definition) is 1. The summed E-state index contributed by atoms with van der Waals surface area (Å²) in [5, 5.41) is 10.6. The van der Waals surface area contributed by atoms with Crippen molar-refractivity contribution in [2.24, 2.45) is 5.16 Å². The highest BCUT2D eigenvalue weighted by Gasteiger charge is 1.99. The summed E-state index contributed by atoms with van der Waals surface area (Å²) in [6.45, 7) is 0. The van der Waals surface area contributed by atoms with Crippen LogP contribution in [0, 0.1) is 11.6 Å². The topological polar surface area (TPSA) is 32.6 Å². The first-order valence-electron chi connectivity index (χ1n) is 2.86. The molecule has 0 saturated carbocycles. The Morgan fingerprint density at radius 1 is 1.36 bits per heavy atom. The van der Waals surface area contributed by atoms with E-state index in [-0.39, 0.29) is 5.56 Å². The van der Waals surface area contributed by atoms with Crippen LogP contribution < -0.4 is 0 Å². The molecule has 1 aromatic rings. The highest BCUT2D eigenvalue weighted by Crippen LogP contribution is 2.06. The number of benzene rings is 1. The van der Waals surface area contributed by atoms with E-state index in [1.54, 1.807) is 0 Å². The molecule has 0 saturated heterocycles. The van der Waals surface area contributed by atoms with Crippen LogP contribution in [-0.2, 0) is 0 Å². The molecule has 11 heavy (non-hydrogen) atoms. The summed E-state index contributed by atoms with van der Waals surface area (Å²) in [4.78, 5) is 0. The van der Waals surface area contributed by atoms with E-state index < -0.39 is 11.6 Å². The van der Waals surface area contributed by atoms with Crippen LogP contribution in [0.1, 0.15) is 5.56 Å². The fourth-order valence-electron chi connectivity index (χ4n) is 0.676. The first-order valence-corrected chi connectivity index (χ1v) is 2.86. The largest absolute Gasteiger partial charge is 0.411 e. The summed E-state index contributed by atoms with van der Waals surface area (Å²) in [6, 6.07) is 2.89. The Bertz CT molecular complexity index is 286. The Hall–Kier alpha value is -1.45. The van der Waals surface area contributed by atoms with Crippen LogP contribution in [0.3, 0.4) is 0 Å². The number of halogens is 2. The van der Waals surface area contributed by atoms with E-state index in [0.29, 0.717) is 0 Å². The minimum absolute atomic E-state index is 0.0764. The number of rotatable bonds is 1. The molecule has 1 aromatic carbocycles. The Morgan fingerprint density at radius 3 is 2.73 bits per heavy atom. The molecule has 0 bridgehead atoms. The van der Waals surface area contributed by atoms with Gasteiger partial charge in [0.15, 0.2) is 0 Å². The quantitative estimate of drug-likeness (QED) is 0.376. The van der Waals surface area contributed by atoms with Crippen molar-refractivity contribution in [2.75, 3.05) is 0 Å². The van der Waals surface area contributed by atoms with Crippen molar-refractivity contribution < 1.29 is 14.0 Å². The summed E-state index contributed by atoms with van der Waals surface area (Å²) in [6.07, 6.45) is 0.832. The van der Waals surface area contributed by atoms with Crippen LogP contribution in [0.25, 0.3) is 0 Å². The molecule has 0 amide bonds. The van der Waals surface area contributed by atoms with E-state index >= 15 is 0 Å². The second-order valence-electron chi connectivity index (χ2n) is 1.91. The third kappa shape index (κ3) is 1.73. The second-order valence-corrected chi connectivity index (χ2v) is 1.91. The molecule has 1 N–H and O–H groups in total. The van der Waals surface area contributed by atoms with Gasteiger partial charge in [-0.05, 0) is 18.2 Å². The molecule has 2 nitrogen and oxygen atoms in total. The van der Waals surface area contributed by atoms with Gasteiger partial charge >= 0.3 is 0 Å². The van der Waals surface area contributed by atoms with Gasteiger partial charge in [-0.3, -0.25) is 0 Å². The van der Waals surface area contributed by atoms with Crippen LogP contribution in [0.15, 0.2) is 23.4 Å². The first-order chi connectivity index (χ1) is 5.24. The molecule has 58 valence electrons. The Balaban J connectivity index is 3.12. The lowest BCUT2D eigenvalue weighted by Gasteiger charge is -1.93.